The summed E-state index contributed by atoms with van der Waals surface area (Å²) in [5, 5.41) is 3.61. The van der Waals surface area contributed by atoms with Crippen LogP contribution < -0.4 is 5.32 Å². The van der Waals surface area contributed by atoms with E-state index in [1.54, 1.807) is 0 Å². The molecule has 0 amide bonds. The Morgan fingerprint density at radius 1 is 1.36 bits per heavy atom. The number of hydrogen-bond donors (Lipinski definition) is 1. The Morgan fingerprint density at radius 3 is 2.77 bits per heavy atom. The minimum Gasteiger partial charge on any atom is -0.338 e. The smallest absolute Gasteiger partial charge is 0.111 e. The fourth-order valence-electron chi connectivity index (χ4n) is 5.56. The predicted octanol–water partition coefficient (Wildman–Crippen LogP) is 2.38. The van der Waals surface area contributed by atoms with Gasteiger partial charge < -0.3 is 14.8 Å². The van der Waals surface area contributed by atoms with Crippen molar-refractivity contribution in [2.45, 2.75) is 51.0 Å². The lowest BCUT2D eigenvalue weighted by atomic mass is 9.54. The summed E-state index contributed by atoms with van der Waals surface area (Å²) in [6.07, 6.45) is 10.8. The molecule has 1 aromatic rings. The third-order valence-corrected chi connectivity index (χ3v) is 6.81. The van der Waals surface area contributed by atoms with Gasteiger partial charge in [-0.15, -0.1) is 0 Å². The van der Waals surface area contributed by atoms with E-state index in [0.717, 1.165) is 12.0 Å². The lowest BCUT2D eigenvalue weighted by Gasteiger charge is -2.58. The Morgan fingerprint density at radius 2 is 2.18 bits per heavy atom. The van der Waals surface area contributed by atoms with E-state index < -0.39 is 0 Å². The number of aryl methyl sites for hydroxylation is 1. The van der Waals surface area contributed by atoms with Gasteiger partial charge in [-0.05, 0) is 56.7 Å². The van der Waals surface area contributed by atoms with Gasteiger partial charge in [-0.25, -0.2) is 4.98 Å². The van der Waals surface area contributed by atoms with Crippen LogP contribution in [0.4, 0.5) is 0 Å². The zero-order valence-electron chi connectivity index (χ0n) is 14.1. The maximum Gasteiger partial charge on any atom is 0.111 e. The van der Waals surface area contributed by atoms with E-state index in [4.69, 9.17) is 0 Å². The first-order valence-electron chi connectivity index (χ1n) is 9.15. The van der Waals surface area contributed by atoms with Crippen molar-refractivity contribution in [2.75, 3.05) is 26.2 Å². The quantitative estimate of drug-likeness (QED) is 0.930. The zero-order chi connectivity index (χ0) is 15.2. The number of piperidine rings is 1. The Bertz CT molecular complexity index is 509. The molecule has 1 aromatic heterocycles. The molecule has 4 rings (SSSR count). The van der Waals surface area contributed by atoms with Crippen LogP contribution in [0.25, 0.3) is 0 Å². The lowest BCUT2D eigenvalue weighted by Crippen LogP contribution is -2.61. The monoisotopic (exact) mass is 302 g/mol. The second kappa shape index (κ2) is 5.64. The van der Waals surface area contributed by atoms with Gasteiger partial charge in [0.25, 0.3) is 0 Å². The molecule has 3 heterocycles. The van der Waals surface area contributed by atoms with Crippen molar-refractivity contribution < 1.29 is 0 Å². The van der Waals surface area contributed by atoms with Gasteiger partial charge in [-0.2, -0.15) is 0 Å². The zero-order valence-corrected chi connectivity index (χ0v) is 14.1. The molecule has 0 bridgehead atoms. The van der Waals surface area contributed by atoms with Gasteiger partial charge in [0, 0.05) is 37.9 Å². The molecule has 4 heteroatoms. The highest BCUT2D eigenvalue weighted by Crippen LogP contribution is 2.54. The maximum atomic E-state index is 4.57. The number of aromatic nitrogens is 2. The van der Waals surface area contributed by atoms with Crippen molar-refractivity contribution in [3.63, 3.8) is 0 Å². The summed E-state index contributed by atoms with van der Waals surface area (Å²) in [6, 6.07) is 0.854. The SMILES string of the molecule is CCC1C(N2CCC(c3nccn3C)CC2)CC12CCNC2. The normalized spacial score (nSPS) is 36.8. The molecule has 0 radical (unpaired) electrons. The molecule has 1 aliphatic carbocycles. The predicted molar refractivity (Wildman–Crippen MR) is 88.9 cm³/mol. The van der Waals surface area contributed by atoms with Crippen LogP contribution in [0.1, 0.15) is 50.8 Å². The molecule has 3 unspecified atom stereocenters. The molecule has 122 valence electrons. The Hall–Kier alpha value is -0.870. The molecule has 3 fully saturated rings. The highest BCUT2D eigenvalue weighted by Gasteiger charge is 2.55. The average Bonchev–Trinajstić information content (AvgIpc) is 3.16. The van der Waals surface area contributed by atoms with Crippen molar-refractivity contribution in [1.82, 2.24) is 19.8 Å². The highest BCUT2D eigenvalue weighted by atomic mass is 15.2. The van der Waals surface area contributed by atoms with Gasteiger partial charge in [0.2, 0.25) is 0 Å². The summed E-state index contributed by atoms with van der Waals surface area (Å²) in [7, 11) is 2.13. The minimum absolute atomic E-state index is 0.649. The van der Waals surface area contributed by atoms with Gasteiger partial charge in [0.1, 0.15) is 5.82 Å². The maximum absolute atomic E-state index is 4.57. The second-order valence-corrected chi connectivity index (χ2v) is 7.78. The van der Waals surface area contributed by atoms with Crippen LogP contribution in [0, 0.1) is 11.3 Å². The number of rotatable bonds is 3. The first-order valence-corrected chi connectivity index (χ1v) is 9.15. The van der Waals surface area contributed by atoms with E-state index in [-0.39, 0.29) is 0 Å². The van der Waals surface area contributed by atoms with E-state index >= 15 is 0 Å². The van der Waals surface area contributed by atoms with Crippen LogP contribution in [-0.2, 0) is 7.05 Å². The van der Waals surface area contributed by atoms with Crippen LogP contribution in [-0.4, -0.2) is 46.7 Å². The summed E-state index contributed by atoms with van der Waals surface area (Å²) in [4.78, 5) is 7.37. The molecular weight excluding hydrogens is 272 g/mol. The largest absolute Gasteiger partial charge is 0.338 e. The van der Waals surface area contributed by atoms with Gasteiger partial charge in [-0.1, -0.05) is 13.3 Å². The summed E-state index contributed by atoms with van der Waals surface area (Å²) < 4.78 is 2.21. The molecule has 22 heavy (non-hydrogen) atoms. The van der Waals surface area contributed by atoms with Gasteiger partial charge >= 0.3 is 0 Å². The number of likely N-dealkylation sites (tertiary alicyclic amines) is 1. The van der Waals surface area contributed by atoms with E-state index in [1.807, 2.05) is 6.20 Å². The van der Waals surface area contributed by atoms with E-state index in [2.05, 4.69) is 39.9 Å². The molecule has 3 atom stereocenters. The van der Waals surface area contributed by atoms with Crippen LogP contribution >= 0.6 is 0 Å². The van der Waals surface area contributed by atoms with Crippen LogP contribution in [0.5, 0.6) is 0 Å². The van der Waals surface area contributed by atoms with Crippen molar-refractivity contribution in [2.24, 2.45) is 18.4 Å². The number of imidazole rings is 1. The van der Waals surface area contributed by atoms with Gasteiger partial charge in [0.05, 0.1) is 0 Å². The third kappa shape index (κ3) is 2.23. The fraction of sp³-hybridized carbons (Fsp3) is 0.833. The molecule has 2 aliphatic heterocycles. The second-order valence-electron chi connectivity index (χ2n) is 7.78. The molecule has 2 saturated heterocycles. The first kappa shape index (κ1) is 14.7. The Balaban J connectivity index is 1.37. The van der Waals surface area contributed by atoms with Gasteiger partial charge in [-0.3, -0.25) is 0 Å². The number of nitrogens with zero attached hydrogens (tertiary/aromatic N) is 3. The molecule has 3 aliphatic rings. The first-order chi connectivity index (χ1) is 10.7. The fourth-order valence-corrected chi connectivity index (χ4v) is 5.56. The Kier molecular flexibility index (Phi) is 3.77. The Labute approximate surface area is 134 Å². The third-order valence-electron chi connectivity index (χ3n) is 6.81. The summed E-state index contributed by atoms with van der Waals surface area (Å²) >= 11 is 0. The number of hydrogen-bond acceptors (Lipinski definition) is 3. The van der Waals surface area contributed by atoms with Crippen LogP contribution in [0.3, 0.4) is 0 Å². The van der Waals surface area contributed by atoms with Crippen LogP contribution in [0.2, 0.25) is 0 Å². The average molecular weight is 302 g/mol. The topological polar surface area (TPSA) is 33.1 Å². The lowest BCUT2D eigenvalue weighted by molar-refractivity contribution is -0.0735. The molecule has 0 aromatic carbocycles. The molecule has 1 saturated carbocycles. The van der Waals surface area contributed by atoms with Crippen molar-refractivity contribution in [3.05, 3.63) is 18.2 Å². The minimum atomic E-state index is 0.649. The highest BCUT2D eigenvalue weighted by molar-refractivity contribution is 5.10. The van der Waals surface area contributed by atoms with Gasteiger partial charge in [0.15, 0.2) is 0 Å². The van der Waals surface area contributed by atoms with E-state index in [0.29, 0.717) is 11.3 Å². The summed E-state index contributed by atoms with van der Waals surface area (Å²) in [5.41, 5.74) is 0.649. The van der Waals surface area contributed by atoms with E-state index in [1.165, 1.54) is 64.1 Å². The summed E-state index contributed by atoms with van der Waals surface area (Å²) in [6.45, 7) is 7.44. The van der Waals surface area contributed by atoms with Crippen molar-refractivity contribution in [3.8, 4) is 0 Å². The molecular formula is C18H30N4. The van der Waals surface area contributed by atoms with Crippen molar-refractivity contribution in [1.29, 1.82) is 0 Å². The summed E-state index contributed by atoms with van der Waals surface area (Å²) in [5.74, 6) is 2.88. The van der Waals surface area contributed by atoms with Crippen molar-refractivity contribution >= 4 is 0 Å². The molecule has 1 N–H and O–H groups in total. The number of nitrogens with one attached hydrogen (secondary N) is 1. The van der Waals surface area contributed by atoms with E-state index in [9.17, 15) is 0 Å². The molecule has 4 nitrogen and oxygen atoms in total. The van der Waals surface area contributed by atoms with Crippen LogP contribution in [0.15, 0.2) is 12.4 Å². The molecule has 1 spiro atoms. The standard InChI is InChI=1S/C18H30N4/c1-3-15-16(12-18(15)6-7-19-13-18)22-9-4-14(5-10-22)17-20-8-11-21(17)2/h8,11,14-16,19H,3-7,9-10,12-13H2,1-2H3.